The lowest BCUT2D eigenvalue weighted by molar-refractivity contribution is 0.332. The highest BCUT2D eigenvalue weighted by atomic mass is 15.1. The van der Waals surface area contributed by atoms with Gasteiger partial charge in [-0.05, 0) is 13.3 Å². The summed E-state index contributed by atoms with van der Waals surface area (Å²) in [6, 6.07) is 1.38. The molecule has 2 N–H and O–H groups in total. The fourth-order valence-corrected chi connectivity index (χ4v) is 2.00. The summed E-state index contributed by atoms with van der Waals surface area (Å²) in [6.45, 7) is 6.82. The predicted molar refractivity (Wildman–Crippen MR) is 58.0 cm³/mol. The lowest BCUT2D eigenvalue weighted by Crippen LogP contribution is -2.53. The zero-order chi connectivity index (χ0) is 9.52. The summed E-state index contributed by atoms with van der Waals surface area (Å²) in [5.74, 6) is 0. The molecule has 0 saturated carbocycles. The van der Waals surface area contributed by atoms with Crippen molar-refractivity contribution in [3.05, 3.63) is 0 Å². The van der Waals surface area contributed by atoms with Gasteiger partial charge >= 0.3 is 0 Å². The molecule has 0 amide bonds. The SMILES string of the molecule is CCCCCCC1CNCC(C)N1. The molecule has 2 atom stereocenters. The topological polar surface area (TPSA) is 24.1 Å². The maximum absolute atomic E-state index is 3.63. The Balaban J connectivity index is 2.00. The molecule has 1 aliphatic heterocycles. The summed E-state index contributed by atoms with van der Waals surface area (Å²) >= 11 is 0. The molecule has 0 aromatic rings. The van der Waals surface area contributed by atoms with Crippen LogP contribution in [0.15, 0.2) is 0 Å². The van der Waals surface area contributed by atoms with E-state index in [0.29, 0.717) is 6.04 Å². The summed E-state index contributed by atoms with van der Waals surface area (Å²) in [6.07, 6.45) is 6.88. The Hall–Kier alpha value is -0.0800. The zero-order valence-electron chi connectivity index (χ0n) is 9.10. The highest BCUT2D eigenvalue weighted by Crippen LogP contribution is 2.07. The highest BCUT2D eigenvalue weighted by molar-refractivity contribution is 4.80. The van der Waals surface area contributed by atoms with E-state index in [9.17, 15) is 0 Å². The van der Waals surface area contributed by atoms with Crippen LogP contribution < -0.4 is 10.6 Å². The Morgan fingerprint density at radius 2 is 2.00 bits per heavy atom. The van der Waals surface area contributed by atoms with Crippen LogP contribution in [0, 0.1) is 0 Å². The average molecular weight is 184 g/mol. The lowest BCUT2D eigenvalue weighted by atomic mass is 10.0. The van der Waals surface area contributed by atoms with Crippen molar-refractivity contribution in [2.45, 2.75) is 58.0 Å². The first-order valence-corrected chi connectivity index (χ1v) is 5.79. The largest absolute Gasteiger partial charge is 0.314 e. The van der Waals surface area contributed by atoms with E-state index in [1.807, 2.05) is 0 Å². The number of rotatable bonds is 5. The smallest absolute Gasteiger partial charge is 0.0195 e. The average Bonchev–Trinajstić information content (AvgIpc) is 2.13. The third kappa shape index (κ3) is 4.63. The van der Waals surface area contributed by atoms with Gasteiger partial charge < -0.3 is 10.6 Å². The molecular formula is C11H24N2. The van der Waals surface area contributed by atoms with Crippen molar-refractivity contribution in [3.63, 3.8) is 0 Å². The Kier molecular flexibility index (Phi) is 5.40. The van der Waals surface area contributed by atoms with Gasteiger partial charge in [0.2, 0.25) is 0 Å². The molecule has 0 spiro atoms. The van der Waals surface area contributed by atoms with Crippen LogP contribution in [-0.4, -0.2) is 25.2 Å². The Morgan fingerprint density at radius 3 is 2.69 bits per heavy atom. The number of hydrogen-bond donors (Lipinski definition) is 2. The van der Waals surface area contributed by atoms with Gasteiger partial charge in [-0.3, -0.25) is 0 Å². The van der Waals surface area contributed by atoms with Gasteiger partial charge in [0.1, 0.15) is 0 Å². The monoisotopic (exact) mass is 184 g/mol. The van der Waals surface area contributed by atoms with Gasteiger partial charge in [-0.2, -0.15) is 0 Å². The van der Waals surface area contributed by atoms with Crippen molar-refractivity contribution < 1.29 is 0 Å². The fraction of sp³-hybridized carbons (Fsp3) is 1.00. The summed E-state index contributed by atoms with van der Waals surface area (Å²) in [4.78, 5) is 0. The fourth-order valence-electron chi connectivity index (χ4n) is 2.00. The van der Waals surface area contributed by atoms with Crippen LogP contribution in [0.1, 0.15) is 46.0 Å². The van der Waals surface area contributed by atoms with Gasteiger partial charge in [0.25, 0.3) is 0 Å². The van der Waals surface area contributed by atoms with Gasteiger partial charge in [0, 0.05) is 25.2 Å². The van der Waals surface area contributed by atoms with E-state index in [4.69, 9.17) is 0 Å². The number of unbranched alkanes of at least 4 members (excludes halogenated alkanes) is 3. The minimum absolute atomic E-state index is 0.657. The lowest BCUT2D eigenvalue weighted by Gasteiger charge is -2.29. The molecule has 0 aliphatic carbocycles. The van der Waals surface area contributed by atoms with Gasteiger partial charge in [0.15, 0.2) is 0 Å². The third-order valence-corrected chi connectivity index (χ3v) is 2.77. The van der Waals surface area contributed by atoms with Crippen LogP contribution in [0.4, 0.5) is 0 Å². The molecule has 2 nitrogen and oxygen atoms in total. The van der Waals surface area contributed by atoms with Crippen molar-refractivity contribution in [1.82, 2.24) is 10.6 Å². The Labute approximate surface area is 82.5 Å². The standard InChI is InChI=1S/C11H24N2/c1-3-4-5-6-7-11-9-12-8-10(2)13-11/h10-13H,3-9H2,1-2H3. The van der Waals surface area contributed by atoms with Crippen molar-refractivity contribution in [3.8, 4) is 0 Å². The van der Waals surface area contributed by atoms with E-state index in [-0.39, 0.29) is 0 Å². The van der Waals surface area contributed by atoms with E-state index in [2.05, 4.69) is 24.5 Å². The molecule has 0 bridgehead atoms. The summed E-state index contributed by atoms with van der Waals surface area (Å²) < 4.78 is 0. The van der Waals surface area contributed by atoms with Crippen molar-refractivity contribution >= 4 is 0 Å². The molecule has 1 fully saturated rings. The first kappa shape index (κ1) is 11.0. The molecule has 1 aliphatic rings. The molecule has 0 radical (unpaired) electrons. The summed E-state index contributed by atoms with van der Waals surface area (Å²) in [5, 5.41) is 7.09. The van der Waals surface area contributed by atoms with Crippen LogP contribution in [-0.2, 0) is 0 Å². The van der Waals surface area contributed by atoms with E-state index in [0.717, 1.165) is 19.1 Å². The summed E-state index contributed by atoms with van der Waals surface area (Å²) in [7, 11) is 0. The second-order valence-electron chi connectivity index (χ2n) is 4.27. The summed E-state index contributed by atoms with van der Waals surface area (Å²) in [5.41, 5.74) is 0. The van der Waals surface area contributed by atoms with E-state index < -0.39 is 0 Å². The molecular weight excluding hydrogens is 160 g/mol. The molecule has 13 heavy (non-hydrogen) atoms. The Bertz CT molecular complexity index is 125. The van der Waals surface area contributed by atoms with Crippen LogP contribution in [0.5, 0.6) is 0 Å². The molecule has 1 rings (SSSR count). The van der Waals surface area contributed by atoms with E-state index >= 15 is 0 Å². The first-order valence-electron chi connectivity index (χ1n) is 5.79. The normalized spacial score (nSPS) is 29.1. The molecule has 78 valence electrons. The maximum atomic E-state index is 3.63. The maximum Gasteiger partial charge on any atom is 0.0195 e. The number of piperazine rings is 1. The molecule has 1 saturated heterocycles. The molecule has 2 unspecified atom stereocenters. The Morgan fingerprint density at radius 1 is 1.15 bits per heavy atom. The van der Waals surface area contributed by atoms with Crippen LogP contribution in [0.2, 0.25) is 0 Å². The second-order valence-corrected chi connectivity index (χ2v) is 4.27. The van der Waals surface area contributed by atoms with Crippen LogP contribution >= 0.6 is 0 Å². The third-order valence-electron chi connectivity index (χ3n) is 2.77. The number of hydrogen-bond acceptors (Lipinski definition) is 2. The molecule has 0 aromatic heterocycles. The van der Waals surface area contributed by atoms with Crippen molar-refractivity contribution in [2.75, 3.05) is 13.1 Å². The molecule has 0 aromatic carbocycles. The van der Waals surface area contributed by atoms with Gasteiger partial charge in [-0.25, -0.2) is 0 Å². The van der Waals surface area contributed by atoms with E-state index in [1.54, 1.807) is 0 Å². The van der Waals surface area contributed by atoms with Crippen molar-refractivity contribution in [1.29, 1.82) is 0 Å². The second kappa shape index (κ2) is 6.39. The predicted octanol–water partition coefficient (Wildman–Crippen LogP) is 1.91. The number of nitrogens with one attached hydrogen (secondary N) is 2. The van der Waals surface area contributed by atoms with E-state index in [1.165, 1.54) is 32.1 Å². The minimum atomic E-state index is 0.657. The van der Waals surface area contributed by atoms with Gasteiger partial charge in [0.05, 0.1) is 0 Å². The molecule has 1 heterocycles. The highest BCUT2D eigenvalue weighted by Gasteiger charge is 2.15. The quantitative estimate of drug-likeness (QED) is 0.638. The van der Waals surface area contributed by atoms with Crippen LogP contribution in [0.3, 0.4) is 0 Å². The van der Waals surface area contributed by atoms with Crippen molar-refractivity contribution in [2.24, 2.45) is 0 Å². The minimum Gasteiger partial charge on any atom is -0.314 e. The zero-order valence-corrected chi connectivity index (χ0v) is 9.10. The van der Waals surface area contributed by atoms with Gasteiger partial charge in [-0.1, -0.05) is 32.6 Å². The van der Waals surface area contributed by atoms with Gasteiger partial charge in [-0.15, -0.1) is 0 Å². The molecule has 2 heteroatoms. The van der Waals surface area contributed by atoms with Crippen LogP contribution in [0.25, 0.3) is 0 Å². The first-order chi connectivity index (χ1) is 6.33.